The molecule has 0 spiro atoms. The number of ether oxygens (including phenoxy) is 4. The molecule has 1 heterocycles. The van der Waals surface area contributed by atoms with Gasteiger partial charge in [0.25, 0.3) is 0 Å². The maximum Gasteiger partial charge on any atom is 0.306 e. The van der Waals surface area contributed by atoms with Crippen LogP contribution >= 0.6 is 0 Å². The highest BCUT2D eigenvalue weighted by Gasteiger charge is 2.44. The van der Waals surface area contributed by atoms with Crippen molar-refractivity contribution in [2.75, 3.05) is 26.4 Å². The minimum absolute atomic E-state index is 0.107. The predicted octanol–water partition coefficient (Wildman–Crippen LogP) is 12.5. The zero-order valence-electron chi connectivity index (χ0n) is 40.9. The van der Waals surface area contributed by atoms with Gasteiger partial charge in [-0.05, 0) is 109 Å². The average Bonchev–Trinajstić information content (AvgIpc) is 3.32. The molecule has 0 aliphatic carbocycles. The molecule has 1 aliphatic rings. The molecule has 0 aromatic rings. The molecule has 0 amide bonds. The molecule has 6 atom stereocenters. The zero-order valence-corrected chi connectivity index (χ0v) is 40.9. The number of esters is 1. The molecule has 0 aromatic heterocycles. The molecule has 0 radical (unpaired) electrons. The Morgan fingerprint density at radius 1 is 0.485 bits per heavy atom. The number of rotatable bonds is 41. The van der Waals surface area contributed by atoms with Gasteiger partial charge in [-0.2, -0.15) is 0 Å². The summed E-state index contributed by atoms with van der Waals surface area (Å²) in [5.74, 6) is -0.353. The van der Waals surface area contributed by atoms with Crippen molar-refractivity contribution in [3.05, 3.63) is 134 Å². The van der Waals surface area contributed by atoms with Gasteiger partial charge < -0.3 is 39.4 Å². The third-order valence-electron chi connectivity index (χ3n) is 10.6. The number of hydrogen-bond donors (Lipinski definition) is 4. The number of aliphatic hydroxyl groups is 4. The molecular formula is C57H90O9. The van der Waals surface area contributed by atoms with E-state index in [9.17, 15) is 25.2 Å². The van der Waals surface area contributed by atoms with Crippen LogP contribution in [0.4, 0.5) is 0 Å². The van der Waals surface area contributed by atoms with Gasteiger partial charge in [0.1, 0.15) is 30.5 Å². The Labute approximate surface area is 400 Å². The maximum absolute atomic E-state index is 12.8. The summed E-state index contributed by atoms with van der Waals surface area (Å²) in [5, 5.41) is 40.2. The van der Waals surface area contributed by atoms with E-state index in [4.69, 9.17) is 18.9 Å². The van der Waals surface area contributed by atoms with Crippen molar-refractivity contribution in [3.63, 3.8) is 0 Å². The lowest BCUT2D eigenvalue weighted by Gasteiger charge is -2.39. The van der Waals surface area contributed by atoms with E-state index in [2.05, 4.69) is 148 Å². The van der Waals surface area contributed by atoms with Crippen molar-refractivity contribution in [1.29, 1.82) is 0 Å². The number of unbranched alkanes of at least 4 members (excludes halogenated alkanes) is 8. The van der Waals surface area contributed by atoms with Crippen molar-refractivity contribution < 1.29 is 44.2 Å². The Morgan fingerprint density at radius 2 is 0.879 bits per heavy atom. The van der Waals surface area contributed by atoms with Crippen molar-refractivity contribution in [1.82, 2.24) is 0 Å². The van der Waals surface area contributed by atoms with Gasteiger partial charge in [0.15, 0.2) is 6.29 Å². The van der Waals surface area contributed by atoms with Gasteiger partial charge in [-0.1, -0.05) is 173 Å². The van der Waals surface area contributed by atoms with Gasteiger partial charge in [-0.3, -0.25) is 4.79 Å². The first-order chi connectivity index (χ1) is 32.4. The van der Waals surface area contributed by atoms with Gasteiger partial charge in [-0.15, -0.1) is 0 Å². The Hall–Kier alpha value is -3.67. The van der Waals surface area contributed by atoms with Crippen LogP contribution in [-0.2, 0) is 23.7 Å². The van der Waals surface area contributed by atoms with E-state index in [1.54, 1.807) is 0 Å². The molecule has 1 aliphatic heterocycles. The molecule has 1 saturated heterocycles. The van der Waals surface area contributed by atoms with Gasteiger partial charge in [-0.25, -0.2) is 0 Å². The van der Waals surface area contributed by atoms with Crippen LogP contribution < -0.4 is 0 Å². The third-order valence-corrected chi connectivity index (χ3v) is 10.6. The summed E-state index contributed by atoms with van der Waals surface area (Å²) in [6.07, 6.45) is 61.9. The van der Waals surface area contributed by atoms with Crippen LogP contribution in [0.5, 0.6) is 0 Å². The van der Waals surface area contributed by atoms with Crippen LogP contribution in [0.1, 0.15) is 155 Å². The molecule has 4 N–H and O–H groups in total. The molecule has 9 nitrogen and oxygen atoms in total. The lowest BCUT2D eigenvalue weighted by Crippen LogP contribution is -2.59. The van der Waals surface area contributed by atoms with Crippen molar-refractivity contribution in [2.45, 2.75) is 192 Å². The topological polar surface area (TPSA) is 135 Å². The minimum Gasteiger partial charge on any atom is -0.457 e. The minimum atomic E-state index is -1.56. The van der Waals surface area contributed by atoms with Gasteiger partial charge in [0, 0.05) is 13.0 Å². The summed E-state index contributed by atoms with van der Waals surface area (Å²) in [6, 6.07) is 0. The number of aliphatic hydroxyl groups excluding tert-OH is 4. The van der Waals surface area contributed by atoms with E-state index >= 15 is 0 Å². The van der Waals surface area contributed by atoms with Crippen molar-refractivity contribution in [3.8, 4) is 0 Å². The maximum atomic E-state index is 12.8. The highest BCUT2D eigenvalue weighted by molar-refractivity contribution is 5.69. The van der Waals surface area contributed by atoms with Gasteiger partial charge in [0.2, 0.25) is 0 Å². The fourth-order valence-electron chi connectivity index (χ4n) is 6.70. The molecular weight excluding hydrogens is 829 g/mol. The summed E-state index contributed by atoms with van der Waals surface area (Å²) in [4.78, 5) is 12.8. The molecule has 372 valence electrons. The SMILES string of the molecule is CC/C=C\C/C=C\C/C=C\C/C=C\C/C=C\C/C=C\C/C=C\CCCCCCOCC(COC1OC(CO)C(O)C(O)C1O)OC(=O)CCCCCC/C=C\C/C=C\C/C=C\C/C=C\CC. The summed E-state index contributed by atoms with van der Waals surface area (Å²) in [6.45, 7) is 4.20. The zero-order chi connectivity index (χ0) is 47.8. The molecule has 9 heteroatoms. The summed E-state index contributed by atoms with van der Waals surface area (Å²) in [5.41, 5.74) is 0. The quantitative estimate of drug-likeness (QED) is 0.0269. The Morgan fingerprint density at radius 3 is 1.30 bits per heavy atom. The average molecular weight is 919 g/mol. The van der Waals surface area contributed by atoms with Crippen LogP contribution in [0, 0.1) is 0 Å². The Bertz CT molecular complexity index is 1460. The van der Waals surface area contributed by atoms with E-state index in [1.807, 2.05) is 0 Å². The molecule has 1 fully saturated rings. The molecule has 6 unspecified atom stereocenters. The first-order valence-corrected chi connectivity index (χ1v) is 25.3. The number of carbonyl (C=O) groups excluding carboxylic acids is 1. The first kappa shape index (κ1) is 60.3. The van der Waals surface area contributed by atoms with Crippen LogP contribution in [0.3, 0.4) is 0 Å². The van der Waals surface area contributed by atoms with Crippen LogP contribution in [-0.4, -0.2) is 89.6 Å². The lowest BCUT2D eigenvalue weighted by atomic mass is 9.99. The molecule has 66 heavy (non-hydrogen) atoms. The third kappa shape index (κ3) is 36.4. The lowest BCUT2D eigenvalue weighted by molar-refractivity contribution is -0.305. The number of carbonyl (C=O) groups is 1. The van der Waals surface area contributed by atoms with Gasteiger partial charge >= 0.3 is 5.97 Å². The largest absolute Gasteiger partial charge is 0.457 e. The second-order valence-electron chi connectivity index (χ2n) is 16.5. The molecule has 1 rings (SSSR count). The van der Waals surface area contributed by atoms with E-state index in [-0.39, 0.29) is 25.6 Å². The monoisotopic (exact) mass is 919 g/mol. The van der Waals surface area contributed by atoms with Gasteiger partial charge in [0.05, 0.1) is 19.8 Å². The van der Waals surface area contributed by atoms with E-state index in [1.165, 1.54) is 0 Å². The van der Waals surface area contributed by atoms with E-state index in [0.29, 0.717) is 13.0 Å². The normalized spacial score (nSPS) is 20.5. The fraction of sp³-hybridized carbons (Fsp3) is 0.596. The van der Waals surface area contributed by atoms with Crippen LogP contribution in [0.25, 0.3) is 0 Å². The summed E-state index contributed by atoms with van der Waals surface area (Å²) >= 11 is 0. The molecule has 0 aromatic carbocycles. The standard InChI is InChI=1S/C57H90O9/c1-3-5-7-9-11-13-15-17-19-21-22-23-24-25-26-27-28-29-31-33-35-37-39-41-43-45-47-63-49-51(50-64-57-56(62)55(61)54(60)52(48-58)66-57)65-53(59)46-44-42-40-38-36-34-32-30-20-18-16-14-12-10-8-6-4-2/h5-8,11-14,17-20,22-23,25-26,28-29,32-35,51-52,54-58,60-62H,3-4,9-10,15-16,21,24,27,30-31,36-50H2,1-2H3/b7-5-,8-6-,13-11-,14-12-,19-17-,20-18-,23-22-,26-25-,29-28-,34-32-,35-33-. The van der Waals surface area contributed by atoms with Crippen LogP contribution in [0.15, 0.2) is 134 Å². The predicted molar refractivity (Wildman–Crippen MR) is 274 cm³/mol. The smallest absolute Gasteiger partial charge is 0.306 e. The Kier molecular flexibility index (Phi) is 42.5. The molecule has 0 bridgehead atoms. The second-order valence-corrected chi connectivity index (χ2v) is 16.5. The van der Waals surface area contributed by atoms with E-state index < -0.39 is 43.4 Å². The fourth-order valence-corrected chi connectivity index (χ4v) is 6.70. The highest BCUT2D eigenvalue weighted by atomic mass is 16.7. The summed E-state index contributed by atoms with van der Waals surface area (Å²) < 4.78 is 22.8. The summed E-state index contributed by atoms with van der Waals surface area (Å²) in [7, 11) is 0. The van der Waals surface area contributed by atoms with Crippen molar-refractivity contribution in [2.24, 2.45) is 0 Å². The van der Waals surface area contributed by atoms with E-state index in [0.717, 1.165) is 128 Å². The Balaban J connectivity index is 2.27. The number of allylic oxidation sites excluding steroid dienone is 22. The highest BCUT2D eigenvalue weighted by Crippen LogP contribution is 2.22. The van der Waals surface area contributed by atoms with Crippen molar-refractivity contribution >= 4 is 5.97 Å². The molecule has 0 saturated carbocycles. The first-order valence-electron chi connectivity index (χ1n) is 25.3. The number of hydrogen-bond acceptors (Lipinski definition) is 9. The second kappa shape index (κ2) is 46.4. The van der Waals surface area contributed by atoms with Crippen LogP contribution in [0.2, 0.25) is 0 Å².